The second kappa shape index (κ2) is 10.9. The second-order valence-electron chi connectivity index (χ2n) is 6.68. The quantitative estimate of drug-likeness (QED) is 0.279. The molecule has 0 unspecified atom stereocenters. The summed E-state index contributed by atoms with van der Waals surface area (Å²) in [5.41, 5.74) is 0.871. The normalized spacial score (nSPS) is 11.0. The van der Waals surface area contributed by atoms with E-state index in [1.54, 1.807) is 36.4 Å². The third kappa shape index (κ3) is 5.91. The van der Waals surface area contributed by atoms with Crippen molar-refractivity contribution in [2.24, 2.45) is 0 Å². The third-order valence-corrected chi connectivity index (χ3v) is 4.39. The minimum absolute atomic E-state index is 0.325. The zero-order chi connectivity index (χ0) is 22.1. The van der Waals surface area contributed by atoms with Gasteiger partial charge in [0.2, 0.25) is 0 Å². The van der Waals surface area contributed by atoms with Crippen molar-refractivity contribution < 1.29 is 19.0 Å². The summed E-state index contributed by atoms with van der Waals surface area (Å²) >= 11 is 0. The van der Waals surface area contributed by atoms with Crippen molar-refractivity contribution in [2.75, 3.05) is 13.2 Å². The summed E-state index contributed by atoms with van der Waals surface area (Å²) in [5, 5.41) is 8.16. The van der Waals surface area contributed by atoms with Gasteiger partial charge in [-0.25, -0.2) is 4.79 Å². The Bertz CT molecular complexity index is 1120. The Labute approximate surface area is 180 Å². The zero-order valence-electron chi connectivity index (χ0n) is 17.6. The molecule has 162 valence electrons. The number of esters is 1. The number of hydrogen-bond donors (Lipinski definition) is 0. The van der Waals surface area contributed by atoms with Crippen molar-refractivity contribution in [3.8, 4) is 11.5 Å². The number of aromatic nitrogens is 3. The molecule has 0 radical (unpaired) electrons. The van der Waals surface area contributed by atoms with Gasteiger partial charge in [0.05, 0.1) is 18.6 Å². The van der Waals surface area contributed by atoms with E-state index in [1.165, 1.54) is 6.08 Å². The molecule has 2 aromatic carbocycles. The third-order valence-electron chi connectivity index (χ3n) is 4.39. The average molecular weight is 423 g/mol. The van der Waals surface area contributed by atoms with Crippen LogP contribution in [0.4, 0.5) is 0 Å². The van der Waals surface area contributed by atoms with Gasteiger partial charge in [0.25, 0.3) is 5.56 Å². The Morgan fingerprint density at radius 2 is 1.94 bits per heavy atom. The monoisotopic (exact) mass is 423 g/mol. The van der Waals surface area contributed by atoms with E-state index in [9.17, 15) is 9.59 Å². The van der Waals surface area contributed by atoms with E-state index in [4.69, 9.17) is 14.2 Å². The highest BCUT2D eigenvalue weighted by molar-refractivity contribution is 5.87. The summed E-state index contributed by atoms with van der Waals surface area (Å²) < 4.78 is 17.5. The summed E-state index contributed by atoms with van der Waals surface area (Å²) in [7, 11) is 0. The van der Waals surface area contributed by atoms with Crippen molar-refractivity contribution in [3.63, 3.8) is 0 Å². The van der Waals surface area contributed by atoms with Gasteiger partial charge in [-0.1, -0.05) is 36.8 Å². The Kier molecular flexibility index (Phi) is 7.75. The van der Waals surface area contributed by atoms with Gasteiger partial charge >= 0.3 is 5.97 Å². The Morgan fingerprint density at radius 3 is 2.74 bits per heavy atom. The number of unbranched alkanes of at least 4 members (excludes halogenated alkanes) is 1. The van der Waals surface area contributed by atoms with Crippen LogP contribution < -0.4 is 15.0 Å². The molecule has 3 rings (SSSR count). The SMILES string of the molecule is CCCCOc1ccc(/C=C/C(=O)OCn2nnc3ccccc3c2=O)cc1OCC. The molecular weight excluding hydrogens is 398 g/mol. The number of hydrogen-bond acceptors (Lipinski definition) is 7. The molecular formula is C23H25N3O5. The first-order chi connectivity index (χ1) is 15.1. The zero-order valence-corrected chi connectivity index (χ0v) is 17.6. The lowest BCUT2D eigenvalue weighted by atomic mass is 10.2. The molecule has 0 aliphatic rings. The molecule has 8 nitrogen and oxygen atoms in total. The lowest BCUT2D eigenvalue weighted by molar-refractivity contribution is -0.141. The molecule has 1 heterocycles. The second-order valence-corrected chi connectivity index (χ2v) is 6.68. The van der Waals surface area contributed by atoms with Gasteiger partial charge in [-0.05, 0) is 49.2 Å². The van der Waals surface area contributed by atoms with Gasteiger partial charge < -0.3 is 14.2 Å². The molecule has 0 bridgehead atoms. The highest BCUT2D eigenvalue weighted by Gasteiger charge is 2.08. The molecule has 0 saturated carbocycles. The summed E-state index contributed by atoms with van der Waals surface area (Å²) in [4.78, 5) is 24.5. The fourth-order valence-corrected chi connectivity index (χ4v) is 2.79. The first-order valence-electron chi connectivity index (χ1n) is 10.2. The molecule has 0 spiro atoms. The number of rotatable bonds is 10. The smallest absolute Gasteiger partial charge is 0.332 e. The molecule has 31 heavy (non-hydrogen) atoms. The van der Waals surface area contributed by atoms with Gasteiger partial charge in [0, 0.05) is 6.08 Å². The van der Waals surface area contributed by atoms with Crippen LogP contribution in [0.15, 0.2) is 53.3 Å². The number of carbonyl (C=O) groups excluding carboxylic acids is 1. The molecule has 0 N–H and O–H groups in total. The summed E-state index contributed by atoms with van der Waals surface area (Å²) in [6, 6.07) is 12.3. The first kappa shape index (κ1) is 22.0. The Hall–Kier alpha value is -3.68. The summed E-state index contributed by atoms with van der Waals surface area (Å²) in [6.45, 7) is 4.79. The molecule has 0 saturated heterocycles. The Morgan fingerprint density at radius 1 is 1.10 bits per heavy atom. The molecule has 3 aromatic rings. The Balaban J connectivity index is 1.63. The van der Waals surface area contributed by atoms with Gasteiger partial charge in [-0.2, -0.15) is 4.68 Å². The minimum atomic E-state index is -0.608. The number of nitrogens with zero attached hydrogens (tertiary/aromatic N) is 3. The predicted octanol–water partition coefficient (Wildman–Crippen LogP) is 3.58. The van der Waals surface area contributed by atoms with E-state index in [2.05, 4.69) is 17.2 Å². The van der Waals surface area contributed by atoms with Crippen LogP contribution in [0.25, 0.3) is 17.0 Å². The van der Waals surface area contributed by atoms with E-state index in [0.717, 1.165) is 23.1 Å². The van der Waals surface area contributed by atoms with Gasteiger partial charge in [-0.3, -0.25) is 4.79 Å². The fourth-order valence-electron chi connectivity index (χ4n) is 2.79. The van der Waals surface area contributed by atoms with Crippen molar-refractivity contribution in [1.82, 2.24) is 15.0 Å². The maximum absolute atomic E-state index is 12.4. The van der Waals surface area contributed by atoms with E-state index >= 15 is 0 Å². The standard InChI is InChI=1S/C23H25N3O5/c1-3-5-14-30-20-12-10-17(15-21(20)29-4-2)11-13-22(27)31-16-26-23(28)18-8-6-7-9-19(18)24-25-26/h6-13,15H,3-5,14,16H2,1-2H3/b13-11+. The van der Waals surface area contributed by atoms with E-state index in [0.29, 0.717) is 35.6 Å². The van der Waals surface area contributed by atoms with Crippen molar-refractivity contribution >= 4 is 22.9 Å². The molecule has 1 aromatic heterocycles. The van der Waals surface area contributed by atoms with Crippen LogP contribution in [-0.4, -0.2) is 34.2 Å². The van der Waals surface area contributed by atoms with Crippen LogP contribution in [0.5, 0.6) is 11.5 Å². The lowest BCUT2D eigenvalue weighted by Crippen LogP contribution is -2.26. The highest BCUT2D eigenvalue weighted by Crippen LogP contribution is 2.29. The number of benzene rings is 2. The number of fused-ring (bicyclic) bond motifs is 1. The largest absolute Gasteiger partial charge is 0.490 e. The average Bonchev–Trinajstić information content (AvgIpc) is 2.79. The first-order valence-corrected chi connectivity index (χ1v) is 10.2. The lowest BCUT2D eigenvalue weighted by Gasteiger charge is -2.12. The predicted molar refractivity (Wildman–Crippen MR) is 117 cm³/mol. The summed E-state index contributed by atoms with van der Waals surface area (Å²) in [5.74, 6) is 0.680. The van der Waals surface area contributed by atoms with Crippen LogP contribution in [0.3, 0.4) is 0 Å². The molecule has 0 atom stereocenters. The number of carbonyl (C=O) groups is 1. The van der Waals surface area contributed by atoms with E-state index in [-0.39, 0.29) is 12.3 Å². The van der Waals surface area contributed by atoms with Crippen LogP contribution >= 0.6 is 0 Å². The van der Waals surface area contributed by atoms with Gasteiger partial charge in [0.15, 0.2) is 18.2 Å². The fraction of sp³-hybridized carbons (Fsp3) is 0.304. The van der Waals surface area contributed by atoms with E-state index < -0.39 is 5.97 Å². The minimum Gasteiger partial charge on any atom is -0.490 e. The maximum Gasteiger partial charge on any atom is 0.332 e. The van der Waals surface area contributed by atoms with Crippen LogP contribution in [0.2, 0.25) is 0 Å². The molecule has 0 fully saturated rings. The molecule has 8 heteroatoms. The van der Waals surface area contributed by atoms with Gasteiger partial charge in [0.1, 0.15) is 5.52 Å². The van der Waals surface area contributed by atoms with Gasteiger partial charge in [-0.15, -0.1) is 5.10 Å². The van der Waals surface area contributed by atoms with Crippen LogP contribution in [0, 0.1) is 0 Å². The molecule has 0 aliphatic heterocycles. The topological polar surface area (TPSA) is 92.5 Å². The molecule has 0 amide bonds. The number of ether oxygens (including phenoxy) is 3. The highest BCUT2D eigenvalue weighted by atomic mass is 16.5. The van der Waals surface area contributed by atoms with Crippen molar-refractivity contribution in [3.05, 3.63) is 64.5 Å². The van der Waals surface area contributed by atoms with Crippen molar-refractivity contribution in [1.29, 1.82) is 0 Å². The van der Waals surface area contributed by atoms with Crippen LogP contribution in [0.1, 0.15) is 32.3 Å². The van der Waals surface area contributed by atoms with Crippen LogP contribution in [-0.2, 0) is 16.3 Å². The van der Waals surface area contributed by atoms with E-state index in [1.807, 2.05) is 19.1 Å². The molecule has 0 aliphatic carbocycles. The van der Waals surface area contributed by atoms with Crippen molar-refractivity contribution in [2.45, 2.75) is 33.4 Å². The summed E-state index contributed by atoms with van der Waals surface area (Å²) in [6.07, 6.45) is 4.89. The maximum atomic E-state index is 12.4.